The van der Waals surface area contributed by atoms with Crippen LogP contribution in [0.5, 0.6) is 0 Å². The van der Waals surface area contributed by atoms with E-state index >= 15 is 0 Å². The average Bonchev–Trinajstić information content (AvgIpc) is 3.18. The van der Waals surface area contributed by atoms with Crippen LogP contribution in [0, 0.1) is 5.92 Å². The maximum absolute atomic E-state index is 12.7. The van der Waals surface area contributed by atoms with Crippen LogP contribution in [-0.4, -0.2) is 37.2 Å². The van der Waals surface area contributed by atoms with E-state index in [1.54, 1.807) is 0 Å². The minimum Gasteiger partial charge on any atom is -0.462 e. The molecule has 1 unspecified atom stereocenters. The van der Waals surface area contributed by atoms with Gasteiger partial charge < -0.3 is 14.2 Å². The van der Waals surface area contributed by atoms with E-state index in [0.717, 1.165) is 63.7 Å². The van der Waals surface area contributed by atoms with Gasteiger partial charge in [0, 0.05) is 19.3 Å². The van der Waals surface area contributed by atoms with Gasteiger partial charge in [0.25, 0.3) is 0 Å². The fourth-order valence-corrected chi connectivity index (χ4v) is 7.30. The smallest absolute Gasteiger partial charge is 0.306 e. The van der Waals surface area contributed by atoms with E-state index in [4.69, 9.17) is 14.2 Å². The van der Waals surface area contributed by atoms with Gasteiger partial charge in [-0.15, -0.1) is 0 Å². The fraction of sp³-hybridized carbons (Fsp3) is 0.939. The Hall–Kier alpha value is -1.59. The lowest BCUT2D eigenvalue weighted by molar-refractivity contribution is -0.167. The van der Waals surface area contributed by atoms with Crippen molar-refractivity contribution < 1.29 is 28.6 Å². The molecule has 0 rings (SSSR count). The molecule has 0 aliphatic heterocycles. The Morgan fingerprint density at radius 3 is 0.945 bits per heavy atom. The Bertz CT molecular complexity index is 828. The molecule has 0 N–H and O–H groups in total. The zero-order chi connectivity index (χ0) is 40.3. The fourth-order valence-electron chi connectivity index (χ4n) is 7.30. The molecular weight excluding hydrogens is 685 g/mol. The highest BCUT2D eigenvalue weighted by atomic mass is 16.6. The molecule has 0 aliphatic rings. The molecule has 0 bridgehead atoms. The summed E-state index contributed by atoms with van der Waals surface area (Å²) in [6.45, 7) is 8.96. The largest absolute Gasteiger partial charge is 0.462 e. The highest BCUT2D eigenvalue weighted by Gasteiger charge is 2.19. The standard InChI is InChI=1S/C49H94O6/c1-5-8-10-12-14-16-17-18-19-20-21-22-23-24-26-27-32-36-40-47(50)53-43-46(55-49(52)42-38-34-28-25-15-13-11-9-6-2)44-54-48(51)41-37-33-30-29-31-35-39-45(4)7-3/h45-46H,5-44H2,1-4H3/t45?,46-/m0/s1. The van der Waals surface area contributed by atoms with E-state index in [2.05, 4.69) is 27.7 Å². The van der Waals surface area contributed by atoms with E-state index < -0.39 is 6.10 Å². The van der Waals surface area contributed by atoms with Crippen LogP contribution in [0.3, 0.4) is 0 Å². The highest BCUT2D eigenvalue weighted by Crippen LogP contribution is 2.17. The monoisotopic (exact) mass is 779 g/mol. The van der Waals surface area contributed by atoms with Crippen molar-refractivity contribution in [3.63, 3.8) is 0 Å². The Morgan fingerprint density at radius 2 is 0.636 bits per heavy atom. The van der Waals surface area contributed by atoms with Crippen molar-refractivity contribution in [1.29, 1.82) is 0 Å². The summed E-state index contributed by atoms with van der Waals surface area (Å²) in [5.41, 5.74) is 0. The van der Waals surface area contributed by atoms with Gasteiger partial charge in [-0.1, -0.05) is 233 Å². The van der Waals surface area contributed by atoms with Crippen LogP contribution in [0.4, 0.5) is 0 Å². The molecule has 2 atom stereocenters. The lowest BCUT2D eigenvalue weighted by Crippen LogP contribution is -2.30. The molecular formula is C49H94O6. The van der Waals surface area contributed by atoms with Gasteiger partial charge >= 0.3 is 17.9 Å². The van der Waals surface area contributed by atoms with Gasteiger partial charge in [0.1, 0.15) is 13.2 Å². The first-order valence-corrected chi connectivity index (χ1v) is 24.4. The second kappa shape index (κ2) is 43.5. The van der Waals surface area contributed by atoms with Gasteiger partial charge in [-0.2, -0.15) is 0 Å². The number of ether oxygens (including phenoxy) is 3. The third kappa shape index (κ3) is 41.9. The van der Waals surface area contributed by atoms with Gasteiger partial charge in [-0.3, -0.25) is 14.4 Å². The van der Waals surface area contributed by atoms with Crippen molar-refractivity contribution in [2.45, 2.75) is 278 Å². The second-order valence-corrected chi connectivity index (χ2v) is 17.0. The molecule has 0 heterocycles. The number of rotatable bonds is 44. The molecule has 6 nitrogen and oxygen atoms in total. The van der Waals surface area contributed by atoms with Crippen molar-refractivity contribution in [3.05, 3.63) is 0 Å². The summed E-state index contributed by atoms with van der Waals surface area (Å²) in [5.74, 6) is -0.0413. The highest BCUT2D eigenvalue weighted by molar-refractivity contribution is 5.71. The number of hydrogen-bond acceptors (Lipinski definition) is 6. The summed E-state index contributed by atoms with van der Waals surface area (Å²) < 4.78 is 16.7. The van der Waals surface area contributed by atoms with Crippen LogP contribution in [0.25, 0.3) is 0 Å². The van der Waals surface area contributed by atoms with Crippen molar-refractivity contribution >= 4 is 17.9 Å². The Balaban J connectivity index is 4.21. The molecule has 326 valence electrons. The predicted octanol–water partition coefficient (Wildman–Crippen LogP) is 15.5. The topological polar surface area (TPSA) is 78.9 Å². The van der Waals surface area contributed by atoms with Crippen LogP contribution in [0.1, 0.15) is 272 Å². The summed E-state index contributed by atoms with van der Waals surface area (Å²) in [6.07, 6.45) is 43.8. The van der Waals surface area contributed by atoms with Crippen molar-refractivity contribution in [2.24, 2.45) is 5.92 Å². The van der Waals surface area contributed by atoms with Crippen LogP contribution >= 0.6 is 0 Å². The Kier molecular flexibility index (Phi) is 42.3. The van der Waals surface area contributed by atoms with Crippen molar-refractivity contribution in [3.8, 4) is 0 Å². The number of carbonyl (C=O) groups is 3. The summed E-state index contributed by atoms with van der Waals surface area (Å²) in [7, 11) is 0. The van der Waals surface area contributed by atoms with Gasteiger partial charge in [0.2, 0.25) is 0 Å². The second-order valence-electron chi connectivity index (χ2n) is 17.0. The molecule has 0 spiro atoms. The maximum Gasteiger partial charge on any atom is 0.306 e. The van der Waals surface area contributed by atoms with E-state index in [1.807, 2.05) is 0 Å². The van der Waals surface area contributed by atoms with Crippen molar-refractivity contribution in [2.75, 3.05) is 13.2 Å². The summed E-state index contributed by atoms with van der Waals surface area (Å²) in [4.78, 5) is 37.7. The third-order valence-corrected chi connectivity index (χ3v) is 11.4. The van der Waals surface area contributed by atoms with Gasteiger partial charge in [-0.25, -0.2) is 0 Å². The SMILES string of the molecule is CCCCCCCCCCCCCCCCCCCCC(=O)OC[C@@H](COC(=O)CCCCCCCCC(C)CC)OC(=O)CCCCCCCCCCC. The number of hydrogen-bond donors (Lipinski definition) is 0. The zero-order valence-corrected chi connectivity index (χ0v) is 37.4. The minimum atomic E-state index is -0.759. The third-order valence-electron chi connectivity index (χ3n) is 11.4. The first kappa shape index (κ1) is 53.4. The summed E-state index contributed by atoms with van der Waals surface area (Å²) in [6, 6.07) is 0. The van der Waals surface area contributed by atoms with E-state index in [-0.39, 0.29) is 31.1 Å². The molecule has 55 heavy (non-hydrogen) atoms. The summed E-state index contributed by atoms with van der Waals surface area (Å²) in [5, 5.41) is 0. The zero-order valence-electron chi connectivity index (χ0n) is 37.4. The van der Waals surface area contributed by atoms with Crippen LogP contribution < -0.4 is 0 Å². The Morgan fingerprint density at radius 1 is 0.364 bits per heavy atom. The molecule has 0 saturated heterocycles. The lowest BCUT2D eigenvalue weighted by atomic mass is 10.00. The molecule has 0 aromatic carbocycles. The van der Waals surface area contributed by atoms with Crippen LogP contribution in [0.15, 0.2) is 0 Å². The number of esters is 3. The normalized spacial score (nSPS) is 12.4. The molecule has 0 fully saturated rings. The average molecular weight is 779 g/mol. The van der Waals surface area contributed by atoms with Crippen molar-refractivity contribution in [1.82, 2.24) is 0 Å². The maximum atomic E-state index is 12.7. The first-order valence-electron chi connectivity index (χ1n) is 24.4. The van der Waals surface area contributed by atoms with Gasteiger partial charge in [0.05, 0.1) is 0 Å². The number of unbranched alkanes of at least 4 members (excludes halogenated alkanes) is 30. The lowest BCUT2D eigenvalue weighted by Gasteiger charge is -2.18. The molecule has 0 aromatic heterocycles. The van der Waals surface area contributed by atoms with Crippen LogP contribution in [0.2, 0.25) is 0 Å². The first-order chi connectivity index (χ1) is 26.9. The van der Waals surface area contributed by atoms with E-state index in [1.165, 1.54) is 167 Å². The van der Waals surface area contributed by atoms with Gasteiger partial charge in [-0.05, 0) is 25.2 Å². The van der Waals surface area contributed by atoms with Gasteiger partial charge in [0.15, 0.2) is 6.10 Å². The molecule has 0 saturated carbocycles. The van der Waals surface area contributed by atoms with E-state index in [9.17, 15) is 14.4 Å². The quantitative estimate of drug-likeness (QED) is 0.0348. The molecule has 0 aliphatic carbocycles. The summed E-state index contributed by atoms with van der Waals surface area (Å²) >= 11 is 0. The predicted molar refractivity (Wildman–Crippen MR) is 233 cm³/mol. The number of carbonyl (C=O) groups excluding carboxylic acids is 3. The minimum absolute atomic E-state index is 0.0642. The van der Waals surface area contributed by atoms with Crippen LogP contribution in [-0.2, 0) is 28.6 Å². The molecule has 0 aromatic rings. The molecule has 0 radical (unpaired) electrons. The Labute approximate surface area is 342 Å². The molecule has 6 heteroatoms. The molecule has 0 amide bonds. The van der Waals surface area contributed by atoms with E-state index in [0.29, 0.717) is 19.3 Å².